The maximum absolute atomic E-state index is 11.2. The summed E-state index contributed by atoms with van der Waals surface area (Å²) in [5, 5.41) is 9.39. The van der Waals surface area contributed by atoms with Gasteiger partial charge in [0.1, 0.15) is 0 Å². The van der Waals surface area contributed by atoms with Gasteiger partial charge in [-0.05, 0) is 16.5 Å². The van der Waals surface area contributed by atoms with Crippen LogP contribution in [-0.4, -0.2) is 20.0 Å². The van der Waals surface area contributed by atoms with Crippen molar-refractivity contribution in [2.24, 2.45) is 0 Å². The first-order valence-corrected chi connectivity index (χ1v) is 4.62. The molecule has 2 aromatic rings. The highest BCUT2D eigenvalue weighted by Crippen LogP contribution is 2.25. The molecule has 0 aliphatic heterocycles. The minimum atomic E-state index is -1.42. The van der Waals surface area contributed by atoms with Gasteiger partial charge in [0, 0.05) is 6.07 Å². The van der Waals surface area contributed by atoms with Crippen molar-refractivity contribution in [2.75, 3.05) is 0 Å². The van der Waals surface area contributed by atoms with Crippen LogP contribution in [-0.2, 0) is 0 Å². The standard InChI is InChI=1S/C8H5NO3S/c10-8(11)5-1-2-6-4-9-13(12)7(6)3-5/h1-4H,(H,10,11). The van der Waals surface area contributed by atoms with Gasteiger partial charge in [-0.2, -0.15) is 0 Å². The smallest absolute Gasteiger partial charge is 0.335 e. The molecule has 0 radical (unpaired) electrons. The Bertz CT molecular complexity index is 477. The van der Waals surface area contributed by atoms with Crippen LogP contribution in [0, 0.1) is 0 Å². The Morgan fingerprint density at radius 3 is 3.00 bits per heavy atom. The second-order valence-corrected chi connectivity index (χ2v) is 3.69. The number of carboxylic acid groups (broad SMARTS) is 1. The molecule has 0 fully saturated rings. The Labute approximate surface area is 76.4 Å². The highest BCUT2D eigenvalue weighted by atomic mass is 32.2. The molecular formula is C8H5NO3S. The minimum Gasteiger partial charge on any atom is -0.568 e. The Balaban J connectivity index is 2.72. The minimum absolute atomic E-state index is 0.137. The summed E-state index contributed by atoms with van der Waals surface area (Å²) in [7, 11) is -1.42. The number of hydrogen-bond acceptors (Lipinski definition) is 3. The van der Waals surface area contributed by atoms with E-state index in [0.29, 0.717) is 4.70 Å². The van der Waals surface area contributed by atoms with Crippen molar-refractivity contribution in [1.82, 2.24) is 4.37 Å². The van der Waals surface area contributed by atoms with Crippen molar-refractivity contribution in [3.63, 3.8) is 0 Å². The highest BCUT2D eigenvalue weighted by Gasteiger charge is 2.10. The molecule has 1 aromatic heterocycles. The summed E-state index contributed by atoms with van der Waals surface area (Å²) < 4.78 is 15.3. The third kappa shape index (κ3) is 1.28. The number of fused-ring (bicyclic) bond motifs is 1. The monoisotopic (exact) mass is 195 g/mol. The lowest BCUT2D eigenvalue weighted by Gasteiger charge is -1.91. The molecule has 1 heterocycles. The quantitative estimate of drug-likeness (QED) is 0.702. The molecule has 0 saturated heterocycles. The summed E-state index contributed by atoms with van der Waals surface area (Å²) in [5.74, 6) is -1.02. The molecule has 0 aliphatic carbocycles. The summed E-state index contributed by atoms with van der Waals surface area (Å²) in [6, 6.07) is 4.46. The first kappa shape index (κ1) is 8.15. The van der Waals surface area contributed by atoms with Crippen LogP contribution >= 0.6 is 10.9 Å². The normalized spacial score (nSPS) is 11.9. The number of aromatic carboxylic acids is 1. The third-order valence-corrected chi connectivity index (χ3v) is 2.76. The number of benzene rings is 1. The average molecular weight is 195 g/mol. The lowest BCUT2D eigenvalue weighted by atomic mass is 10.2. The third-order valence-electron chi connectivity index (χ3n) is 1.74. The fraction of sp³-hybridized carbons (Fsp3) is 0. The first-order chi connectivity index (χ1) is 6.18. The Hall–Kier alpha value is -1.46. The fourth-order valence-electron chi connectivity index (χ4n) is 1.09. The SMILES string of the molecule is O=C(O)c1ccc2cn[s+]([O-])c2c1. The van der Waals surface area contributed by atoms with E-state index in [-0.39, 0.29) is 5.56 Å². The Morgan fingerprint density at radius 1 is 1.54 bits per heavy atom. The highest BCUT2D eigenvalue weighted by molar-refractivity contribution is 7.26. The van der Waals surface area contributed by atoms with Gasteiger partial charge in [-0.25, -0.2) is 4.79 Å². The van der Waals surface area contributed by atoms with Crippen LogP contribution in [0.2, 0.25) is 0 Å². The van der Waals surface area contributed by atoms with Crippen molar-refractivity contribution < 1.29 is 14.5 Å². The van der Waals surface area contributed by atoms with Crippen LogP contribution in [0.1, 0.15) is 10.4 Å². The number of nitrogens with zero attached hydrogens (tertiary/aromatic N) is 1. The number of rotatable bonds is 1. The Kier molecular flexibility index (Phi) is 1.75. The number of carboxylic acids is 1. The molecule has 0 saturated carbocycles. The summed E-state index contributed by atoms with van der Waals surface area (Å²) in [4.78, 5) is 10.6. The van der Waals surface area contributed by atoms with Crippen molar-refractivity contribution in [2.45, 2.75) is 0 Å². The largest absolute Gasteiger partial charge is 0.568 e. The molecule has 5 heteroatoms. The van der Waals surface area contributed by atoms with E-state index in [0.717, 1.165) is 5.39 Å². The zero-order valence-electron chi connectivity index (χ0n) is 6.43. The van der Waals surface area contributed by atoms with Gasteiger partial charge in [-0.3, -0.25) is 0 Å². The summed E-state index contributed by atoms with van der Waals surface area (Å²) in [6.45, 7) is 0. The second-order valence-electron chi connectivity index (χ2n) is 2.54. The van der Waals surface area contributed by atoms with Gasteiger partial charge in [0.2, 0.25) is 4.70 Å². The molecular weight excluding hydrogens is 190 g/mol. The Morgan fingerprint density at radius 2 is 2.31 bits per heavy atom. The van der Waals surface area contributed by atoms with Crippen LogP contribution in [0.15, 0.2) is 24.4 Å². The van der Waals surface area contributed by atoms with Crippen LogP contribution in [0.5, 0.6) is 0 Å². The van der Waals surface area contributed by atoms with Crippen molar-refractivity contribution in [1.29, 1.82) is 0 Å². The van der Waals surface area contributed by atoms with Crippen LogP contribution in [0.3, 0.4) is 0 Å². The lowest BCUT2D eigenvalue weighted by molar-refractivity contribution is 0.0697. The van der Waals surface area contributed by atoms with Gasteiger partial charge >= 0.3 is 5.97 Å². The molecule has 1 unspecified atom stereocenters. The molecule has 0 aliphatic rings. The lowest BCUT2D eigenvalue weighted by Crippen LogP contribution is -1.94. The predicted octanol–water partition coefficient (Wildman–Crippen LogP) is 1.66. The first-order valence-electron chi connectivity index (χ1n) is 3.52. The van der Waals surface area contributed by atoms with Crippen LogP contribution in [0.25, 0.3) is 10.1 Å². The van der Waals surface area contributed by atoms with Crippen molar-refractivity contribution >= 4 is 27.0 Å². The van der Waals surface area contributed by atoms with E-state index in [9.17, 15) is 9.35 Å². The number of hydrogen-bond donors (Lipinski definition) is 1. The topological polar surface area (TPSA) is 73.2 Å². The molecule has 4 nitrogen and oxygen atoms in total. The molecule has 0 bridgehead atoms. The maximum atomic E-state index is 11.2. The van der Waals surface area contributed by atoms with E-state index in [2.05, 4.69) is 4.37 Å². The number of aromatic nitrogens is 1. The van der Waals surface area contributed by atoms with Gasteiger partial charge in [-0.1, -0.05) is 0 Å². The predicted molar refractivity (Wildman–Crippen MR) is 47.4 cm³/mol. The second kappa shape index (κ2) is 2.79. The van der Waals surface area contributed by atoms with E-state index in [1.165, 1.54) is 18.3 Å². The molecule has 2 rings (SSSR count). The zero-order chi connectivity index (χ0) is 9.42. The maximum Gasteiger partial charge on any atom is 0.335 e. The van der Waals surface area contributed by atoms with Crippen molar-refractivity contribution in [3.05, 3.63) is 30.0 Å². The van der Waals surface area contributed by atoms with Crippen LogP contribution < -0.4 is 0 Å². The molecule has 0 amide bonds. The van der Waals surface area contributed by atoms with E-state index in [1.807, 2.05) is 0 Å². The summed E-state index contributed by atoms with van der Waals surface area (Å²) in [5.41, 5.74) is 0.137. The summed E-state index contributed by atoms with van der Waals surface area (Å²) in [6.07, 6.45) is 1.48. The molecule has 1 aromatic carbocycles. The van der Waals surface area contributed by atoms with Crippen LogP contribution in [0.4, 0.5) is 0 Å². The molecule has 0 spiro atoms. The fourth-order valence-corrected chi connectivity index (χ4v) is 1.96. The van der Waals surface area contributed by atoms with Gasteiger partial charge in [0.15, 0.2) is 0 Å². The van der Waals surface area contributed by atoms with Gasteiger partial charge in [0.05, 0.1) is 28.1 Å². The van der Waals surface area contributed by atoms with Gasteiger partial charge < -0.3 is 9.66 Å². The molecule has 1 N–H and O–H groups in total. The zero-order valence-corrected chi connectivity index (χ0v) is 7.25. The molecule has 1 atom stereocenters. The van der Waals surface area contributed by atoms with Gasteiger partial charge in [0.25, 0.3) is 0 Å². The van der Waals surface area contributed by atoms with E-state index in [4.69, 9.17) is 5.11 Å². The molecule has 13 heavy (non-hydrogen) atoms. The summed E-state index contributed by atoms with van der Waals surface area (Å²) >= 11 is 0. The number of carbonyl (C=O) groups is 1. The van der Waals surface area contributed by atoms with E-state index >= 15 is 0 Å². The average Bonchev–Trinajstić information content (AvgIpc) is 2.47. The van der Waals surface area contributed by atoms with E-state index in [1.54, 1.807) is 6.07 Å². The van der Waals surface area contributed by atoms with Gasteiger partial charge in [-0.15, -0.1) is 0 Å². The van der Waals surface area contributed by atoms with Crippen molar-refractivity contribution in [3.8, 4) is 0 Å². The van der Waals surface area contributed by atoms with E-state index < -0.39 is 16.9 Å². The molecule has 66 valence electrons.